The molecule has 0 N–H and O–H groups in total. The molecule has 100 valence electrons. The summed E-state index contributed by atoms with van der Waals surface area (Å²) in [6.07, 6.45) is 0. The van der Waals surface area contributed by atoms with Crippen LogP contribution in [0, 0.1) is 5.82 Å². The first-order valence-corrected chi connectivity index (χ1v) is 5.53. The van der Waals surface area contributed by atoms with Gasteiger partial charge in [0.25, 0.3) is 0 Å². The van der Waals surface area contributed by atoms with Crippen LogP contribution in [-0.2, 0) is 10.6 Å². The molecule has 0 fully saturated rings. The van der Waals surface area contributed by atoms with E-state index in [4.69, 9.17) is 11.6 Å². The molecule has 0 heterocycles. The van der Waals surface area contributed by atoms with Crippen molar-refractivity contribution in [3.63, 3.8) is 0 Å². The summed E-state index contributed by atoms with van der Waals surface area (Å²) in [7, 11) is 0. The van der Waals surface area contributed by atoms with Crippen LogP contribution in [0.4, 0.5) is 13.2 Å². The van der Waals surface area contributed by atoms with E-state index < -0.39 is 29.7 Å². The predicted molar refractivity (Wildman–Crippen MR) is 58.5 cm³/mol. The van der Waals surface area contributed by atoms with Gasteiger partial charge in [0.2, 0.25) is 0 Å². The molecule has 0 atom stereocenters. The fourth-order valence-corrected chi connectivity index (χ4v) is 1.46. The van der Waals surface area contributed by atoms with E-state index in [1.54, 1.807) is 0 Å². The summed E-state index contributed by atoms with van der Waals surface area (Å²) in [5.74, 6) is -2.41. The molecule has 3 nitrogen and oxygen atoms in total. The lowest BCUT2D eigenvalue weighted by molar-refractivity contribution is -0.0505. The Morgan fingerprint density at radius 2 is 2.11 bits per heavy atom. The van der Waals surface area contributed by atoms with Crippen molar-refractivity contribution in [2.45, 2.75) is 19.4 Å². The molecule has 0 aromatic heterocycles. The van der Waals surface area contributed by atoms with E-state index >= 15 is 0 Å². The maximum Gasteiger partial charge on any atom is 0.387 e. The molecule has 0 saturated heterocycles. The number of carbonyl (C=O) groups excluding carboxylic acids is 1. The SMILES string of the molecule is CCOC(=O)c1cc(F)c(CCl)cc1OC(F)F. The summed E-state index contributed by atoms with van der Waals surface area (Å²) in [4.78, 5) is 11.5. The molecule has 0 bridgehead atoms. The van der Waals surface area contributed by atoms with Crippen LogP contribution in [0.25, 0.3) is 0 Å². The van der Waals surface area contributed by atoms with Gasteiger partial charge in [-0.1, -0.05) is 0 Å². The van der Waals surface area contributed by atoms with Gasteiger partial charge in [0.05, 0.1) is 12.5 Å². The minimum absolute atomic E-state index is 0.0336. The molecular formula is C11H10ClF3O3. The van der Waals surface area contributed by atoms with Crippen LogP contribution in [0.3, 0.4) is 0 Å². The number of hydrogen-bond acceptors (Lipinski definition) is 3. The van der Waals surface area contributed by atoms with Crippen LogP contribution in [0.2, 0.25) is 0 Å². The molecule has 18 heavy (non-hydrogen) atoms. The zero-order chi connectivity index (χ0) is 13.7. The average Bonchev–Trinajstić information content (AvgIpc) is 2.30. The number of halogens is 4. The van der Waals surface area contributed by atoms with Crippen LogP contribution >= 0.6 is 11.6 Å². The minimum atomic E-state index is -3.13. The van der Waals surface area contributed by atoms with Crippen molar-refractivity contribution in [3.05, 3.63) is 29.1 Å². The highest BCUT2D eigenvalue weighted by molar-refractivity contribution is 6.17. The normalized spacial score (nSPS) is 10.6. The number of esters is 1. The Kier molecular flexibility index (Phi) is 5.27. The molecule has 0 unspecified atom stereocenters. The number of rotatable bonds is 5. The monoisotopic (exact) mass is 282 g/mol. The molecule has 1 aromatic carbocycles. The van der Waals surface area contributed by atoms with Crippen molar-refractivity contribution >= 4 is 17.6 Å². The topological polar surface area (TPSA) is 35.5 Å². The van der Waals surface area contributed by atoms with Crippen molar-refractivity contribution in [2.24, 2.45) is 0 Å². The van der Waals surface area contributed by atoms with E-state index in [1.807, 2.05) is 0 Å². The van der Waals surface area contributed by atoms with Crippen molar-refractivity contribution in [1.29, 1.82) is 0 Å². The van der Waals surface area contributed by atoms with E-state index in [-0.39, 0.29) is 18.1 Å². The summed E-state index contributed by atoms with van der Waals surface area (Å²) < 4.78 is 46.6. The first kappa shape index (κ1) is 14.6. The van der Waals surface area contributed by atoms with Gasteiger partial charge in [-0.2, -0.15) is 8.78 Å². The van der Waals surface area contributed by atoms with Crippen molar-refractivity contribution in [3.8, 4) is 5.75 Å². The summed E-state index contributed by atoms with van der Waals surface area (Å²) in [5, 5.41) is 0. The lowest BCUT2D eigenvalue weighted by atomic mass is 10.1. The third kappa shape index (κ3) is 3.53. The highest BCUT2D eigenvalue weighted by Crippen LogP contribution is 2.26. The molecule has 0 aliphatic heterocycles. The summed E-state index contributed by atoms with van der Waals surface area (Å²) in [5.41, 5.74) is -0.441. The number of carbonyl (C=O) groups is 1. The van der Waals surface area contributed by atoms with Crippen LogP contribution < -0.4 is 4.74 Å². The predicted octanol–water partition coefficient (Wildman–Crippen LogP) is 3.34. The van der Waals surface area contributed by atoms with Gasteiger partial charge < -0.3 is 9.47 Å². The van der Waals surface area contributed by atoms with Gasteiger partial charge >= 0.3 is 12.6 Å². The number of alkyl halides is 3. The Hall–Kier alpha value is -1.43. The zero-order valence-electron chi connectivity index (χ0n) is 9.38. The number of hydrogen-bond donors (Lipinski definition) is 0. The lowest BCUT2D eigenvalue weighted by Gasteiger charge is -2.11. The standard InChI is InChI=1S/C11H10ClF3O3/c1-2-17-10(16)7-4-8(13)6(5-12)3-9(7)18-11(14)15/h3-4,11H,2,5H2,1H3. The minimum Gasteiger partial charge on any atom is -0.462 e. The molecule has 1 aromatic rings. The van der Waals surface area contributed by atoms with Gasteiger partial charge in [0, 0.05) is 5.56 Å². The molecule has 0 saturated carbocycles. The second-order valence-corrected chi connectivity index (χ2v) is 3.44. The fraction of sp³-hybridized carbons (Fsp3) is 0.364. The fourth-order valence-electron chi connectivity index (χ4n) is 1.26. The Labute approximate surface area is 106 Å². The summed E-state index contributed by atoms with van der Waals surface area (Å²) in [6.45, 7) is -1.56. The lowest BCUT2D eigenvalue weighted by Crippen LogP contribution is -2.11. The highest BCUT2D eigenvalue weighted by Gasteiger charge is 2.20. The van der Waals surface area contributed by atoms with Crippen LogP contribution in [0.5, 0.6) is 5.75 Å². The molecule has 7 heteroatoms. The van der Waals surface area contributed by atoms with E-state index in [0.29, 0.717) is 0 Å². The first-order valence-electron chi connectivity index (χ1n) is 4.99. The van der Waals surface area contributed by atoms with Gasteiger partial charge in [-0.25, -0.2) is 9.18 Å². The smallest absolute Gasteiger partial charge is 0.387 e. The largest absolute Gasteiger partial charge is 0.462 e. The first-order chi connectivity index (χ1) is 8.49. The third-order valence-corrected chi connectivity index (χ3v) is 2.29. The number of benzene rings is 1. The van der Waals surface area contributed by atoms with E-state index in [1.165, 1.54) is 6.92 Å². The third-order valence-electron chi connectivity index (χ3n) is 2.00. The second kappa shape index (κ2) is 6.49. The van der Waals surface area contributed by atoms with Crippen LogP contribution in [-0.4, -0.2) is 19.2 Å². The van der Waals surface area contributed by atoms with Crippen molar-refractivity contribution in [1.82, 2.24) is 0 Å². The van der Waals surface area contributed by atoms with E-state index in [0.717, 1.165) is 12.1 Å². The highest BCUT2D eigenvalue weighted by atomic mass is 35.5. The van der Waals surface area contributed by atoms with Crippen LogP contribution in [0.1, 0.15) is 22.8 Å². The summed E-state index contributed by atoms with van der Waals surface area (Å²) in [6, 6.07) is 1.73. The molecule has 0 radical (unpaired) electrons. The second-order valence-electron chi connectivity index (χ2n) is 3.17. The van der Waals surface area contributed by atoms with Gasteiger partial charge in [0.1, 0.15) is 17.1 Å². The van der Waals surface area contributed by atoms with Gasteiger partial charge in [0.15, 0.2) is 0 Å². The number of ether oxygens (including phenoxy) is 2. The molecule has 0 amide bonds. The maximum atomic E-state index is 13.4. The average molecular weight is 283 g/mol. The Morgan fingerprint density at radius 3 is 2.61 bits per heavy atom. The van der Waals surface area contributed by atoms with Crippen molar-refractivity contribution < 1.29 is 27.4 Å². The quantitative estimate of drug-likeness (QED) is 0.614. The molecule has 1 rings (SSSR count). The molecule has 0 aliphatic carbocycles. The van der Waals surface area contributed by atoms with E-state index in [9.17, 15) is 18.0 Å². The van der Waals surface area contributed by atoms with Crippen LogP contribution in [0.15, 0.2) is 12.1 Å². The molecular weight excluding hydrogens is 273 g/mol. The Morgan fingerprint density at radius 1 is 1.44 bits per heavy atom. The molecule has 0 aliphatic rings. The van der Waals surface area contributed by atoms with Crippen molar-refractivity contribution in [2.75, 3.05) is 6.61 Å². The molecule has 0 spiro atoms. The summed E-state index contributed by atoms with van der Waals surface area (Å²) >= 11 is 5.43. The Bertz CT molecular complexity index is 438. The van der Waals surface area contributed by atoms with Gasteiger partial charge in [-0.3, -0.25) is 0 Å². The van der Waals surface area contributed by atoms with Gasteiger partial charge in [-0.15, -0.1) is 11.6 Å². The maximum absolute atomic E-state index is 13.4. The van der Waals surface area contributed by atoms with E-state index in [2.05, 4.69) is 9.47 Å². The van der Waals surface area contributed by atoms with Gasteiger partial charge in [-0.05, 0) is 19.1 Å². The zero-order valence-corrected chi connectivity index (χ0v) is 10.1. The Balaban J connectivity index is 3.20.